The number of anilines is 2. The van der Waals surface area contributed by atoms with Crippen molar-refractivity contribution in [2.45, 2.75) is 13.8 Å². The number of ether oxygens (including phenoxy) is 1. The van der Waals surface area contributed by atoms with E-state index >= 15 is 0 Å². The van der Waals surface area contributed by atoms with Crippen molar-refractivity contribution in [3.05, 3.63) is 36.0 Å². The molecule has 0 aliphatic heterocycles. The summed E-state index contributed by atoms with van der Waals surface area (Å²) in [4.78, 5) is 8.13. The normalized spacial score (nSPS) is 10.8. The van der Waals surface area contributed by atoms with Crippen LogP contribution in [0.1, 0.15) is 12.6 Å². The number of aromatic nitrogens is 3. The van der Waals surface area contributed by atoms with Gasteiger partial charge < -0.3 is 14.6 Å². The van der Waals surface area contributed by atoms with Crippen LogP contribution in [0.4, 0.5) is 15.9 Å². The molecule has 3 rings (SSSR count). The summed E-state index contributed by atoms with van der Waals surface area (Å²) in [7, 11) is 0. The van der Waals surface area contributed by atoms with Crippen LogP contribution >= 0.6 is 0 Å². The number of rotatable bonds is 4. The van der Waals surface area contributed by atoms with Gasteiger partial charge in [0.2, 0.25) is 0 Å². The third-order valence-electron chi connectivity index (χ3n) is 2.94. The lowest BCUT2D eigenvalue weighted by atomic mass is 10.2. The molecule has 0 fully saturated rings. The Morgan fingerprint density at radius 3 is 2.95 bits per heavy atom. The van der Waals surface area contributed by atoms with Gasteiger partial charge in [0.05, 0.1) is 12.3 Å². The van der Waals surface area contributed by atoms with E-state index in [1.54, 1.807) is 26.0 Å². The van der Waals surface area contributed by atoms with Crippen LogP contribution in [0.15, 0.2) is 29.0 Å². The number of nitrogens with one attached hydrogen (secondary N) is 1. The third-order valence-corrected chi connectivity index (χ3v) is 2.94. The van der Waals surface area contributed by atoms with E-state index in [0.717, 1.165) is 0 Å². The Morgan fingerprint density at radius 1 is 1.33 bits per heavy atom. The molecule has 0 amide bonds. The number of benzene rings is 1. The first-order valence-electron chi connectivity index (χ1n) is 6.45. The van der Waals surface area contributed by atoms with Gasteiger partial charge in [0, 0.05) is 11.8 Å². The molecule has 0 saturated carbocycles. The molecule has 0 aliphatic carbocycles. The Morgan fingerprint density at radius 2 is 2.19 bits per heavy atom. The molecule has 108 valence electrons. The number of fused-ring (bicyclic) bond motifs is 1. The summed E-state index contributed by atoms with van der Waals surface area (Å²) in [5.41, 5.74) is 1.60. The fourth-order valence-electron chi connectivity index (χ4n) is 2.00. The minimum atomic E-state index is -0.436. The van der Waals surface area contributed by atoms with Gasteiger partial charge in [0.1, 0.15) is 17.5 Å². The van der Waals surface area contributed by atoms with Gasteiger partial charge in [-0.1, -0.05) is 5.16 Å². The Labute approximate surface area is 119 Å². The van der Waals surface area contributed by atoms with Gasteiger partial charge >= 0.3 is 0 Å². The molecule has 0 aliphatic rings. The van der Waals surface area contributed by atoms with Crippen LogP contribution in [0.2, 0.25) is 0 Å². The van der Waals surface area contributed by atoms with Crippen LogP contribution in [0.25, 0.3) is 11.1 Å². The van der Waals surface area contributed by atoms with E-state index in [2.05, 4.69) is 20.4 Å². The van der Waals surface area contributed by atoms with Crippen LogP contribution in [0.5, 0.6) is 5.75 Å². The number of aryl methyl sites for hydroxylation is 1. The minimum Gasteiger partial charge on any atom is -0.491 e. The highest BCUT2D eigenvalue weighted by Crippen LogP contribution is 2.27. The van der Waals surface area contributed by atoms with Gasteiger partial charge in [-0.15, -0.1) is 0 Å². The quantitative estimate of drug-likeness (QED) is 0.794. The Kier molecular flexibility index (Phi) is 3.39. The van der Waals surface area contributed by atoms with Crippen LogP contribution in [0, 0.1) is 12.7 Å². The second kappa shape index (κ2) is 5.35. The summed E-state index contributed by atoms with van der Waals surface area (Å²) in [5.74, 6) is 0.300. The molecule has 0 spiro atoms. The number of hydrogen-bond donors (Lipinski definition) is 1. The predicted octanol–water partition coefficient (Wildman–Crippen LogP) is 3.21. The van der Waals surface area contributed by atoms with E-state index in [0.29, 0.717) is 34.9 Å². The average Bonchev–Trinajstić information content (AvgIpc) is 2.85. The van der Waals surface area contributed by atoms with E-state index in [1.165, 1.54) is 12.4 Å². The summed E-state index contributed by atoms with van der Waals surface area (Å²) in [6.07, 6.45) is 1.36. The molecule has 2 heterocycles. The molecule has 7 heteroatoms. The molecule has 2 aromatic heterocycles. The van der Waals surface area contributed by atoms with Crippen LogP contribution < -0.4 is 10.1 Å². The molecular formula is C14H13FN4O2. The highest BCUT2D eigenvalue weighted by Gasteiger charge is 2.13. The van der Waals surface area contributed by atoms with Crippen molar-refractivity contribution in [2.24, 2.45) is 0 Å². The van der Waals surface area contributed by atoms with Gasteiger partial charge in [-0.2, -0.15) is 4.98 Å². The molecule has 1 N–H and O–H groups in total. The highest BCUT2D eigenvalue weighted by atomic mass is 19.1. The Balaban J connectivity index is 1.95. The second-order valence-electron chi connectivity index (χ2n) is 4.37. The molecule has 0 unspecified atom stereocenters. The Bertz CT molecular complexity index is 788. The van der Waals surface area contributed by atoms with Gasteiger partial charge in [-0.05, 0) is 26.0 Å². The molecule has 21 heavy (non-hydrogen) atoms. The topological polar surface area (TPSA) is 73.1 Å². The zero-order chi connectivity index (χ0) is 14.8. The van der Waals surface area contributed by atoms with Crippen molar-refractivity contribution in [3.8, 4) is 5.75 Å². The fourth-order valence-corrected chi connectivity index (χ4v) is 2.00. The molecule has 6 nitrogen and oxygen atoms in total. The van der Waals surface area contributed by atoms with E-state index < -0.39 is 5.82 Å². The first-order chi connectivity index (χ1) is 10.2. The van der Waals surface area contributed by atoms with E-state index in [-0.39, 0.29) is 5.75 Å². The maximum atomic E-state index is 13.8. The lowest BCUT2D eigenvalue weighted by molar-refractivity contribution is 0.321. The smallest absolute Gasteiger partial charge is 0.263 e. The maximum Gasteiger partial charge on any atom is 0.263 e. The molecule has 3 aromatic rings. The van der Waals surface area contributed by atoms with Crippen molar-refractivity contribution in [3.63, 3.8) is 0 Å². The van der Waals surface area contributed by atoms with Gasteiger partial charge in [0.25, 0.3) is 5.71 Å². The summed E-state index contributed by atoms with van der Waals surface area (Å²) >= 11 is 0. The van der Waals surface area contributed by atoms with Crippen molar-refractivity contribution < 1.29 is 13.7 Å². The van der Waals surface area contributed by atoms with Gasteiger partial charge in [-0.25, -0.2) is 9.37 Å². The molecule has 0 saturated heterocycles. The highest BCUT2D eigenvalue weighted by molar-refractivity contribution is 5.89. The third kappa shape index (κ3) is 2.49. The van der Waals surface area contributed by atoms with E-state index in [1.807, 2.05) is 0 Å². The van der Waals surface area contributed by atoms with E-state index in [4.69, 9.17) is 9.26 Å². The average molecular weight is 288 g/mol. The second-order valence-corrected chi connectivity index (χ2v) is 4.37. The number of halogens is 1. The SMILES string of the molecule is CCOc1ccc(Nc2ncnc3onc(C)c23)cc1F. The summed E-state index contributed by atoms with van der Waals surface area (Å²) in [6, 6.07) is 4.63. The summed E-state index contributed by atoms with van der Waals surface area (Å²) in [5, 5.41) is 7.55. The van der Waals surface area contributed by atoms with Crippen LogP contribution in [-0.2, 0) is 0 Å². The van der Waals surface area contributed by atoms with Gasteiger partial charge in [0.15, 0.2) is 11.6 Å². The van der Waals surface area contributed by atoms with Gasteiger partial charge in [-0.3, -0.25) is 0 Å². The van der Waals surface area contributed by atoms with E-state index in [9.17, 15) is 4.39 Å². The lowest BCUT2D eigenvalue weighted by Crippen LogP contribution is -1.98. The first kappa shape index (κ1) is 13.3. The zero-order valence-electron chi connectivity index (χ0n) is 11.6. The number of nitrogens with zero attached hydrogens (tertiary/aromatic N) is 3. The predicted molar refractivity (Wildman–Crippen MR) is 75.2 cm³/mol. The van der Waals surface area contributed by atoms with Crippen molar-refractivity contribution in [1.82, 2.24) is 15.1 Å². The molecule has 0 radical (unpaired) electrons. The monoisotopic (exact) mass is 288 g/mol. The first-order valence-corrected chi connectivity index (χ1v) is 6.45. The number of hydrogen-bond acceptors (Lipinski definition) is 6. The molecular weight excluding hydrogens is 275 g/mol. The van der Waals surface area contributed by atoms with Crippen molar-refractivity contribution in [2.75, 3.05) is 11.9 Å². The molecule has 1 aromatic carbocycles. The van der Waals surface area contributed by atoms with Crippen LogP contribution in [-0.4, -0.2) is 21.7 Å². The zero-order valence-corrected chi connectivity index (χ0v) is 11.6. The van der Waals surface area contributed by atoms with Crippen molar-refractivity contribution in [1.29, 1.82) is 0 Å². The Hall–Kier alpha value is -2.70. The largest absolute Gasteiger partial charge is 0.491 e. The summed E-state index contributed by atoms with van der Waals surface area (Å²) < 4.78 is 24.1. The lowest BCUT2D eigenvalue weighted by Gasteiger charge is -2.09. The maximum absolute atomic E-state index is 13.8. The fraction of sp³-hybridized carbons (Fsp3) is 0.214. The standard InChI is InChI=1S/C14H13FN4O2/c1-3-20-11-5-4-9(6-10(11)15)18-13-12-8(2)19-21-14(12)17-7-16-13/h4-7H,3H2,1-2H3,(H,16,17,18). The van der Waals surface area contributed by atoms with Crippen LogP contribution in [0.3, 0.4) is 0 Å². The molecule has 0 atom stereocenters. The summed E-state index contributed by atoms with van der Waals surface area (Å²) in [6.45, 7) is 4.01. The minimum absolute atomic E-state index is 0.219. The van der Waals surface area contributed by atoms with Crippen molar-refractivity contribution >= 4 is 22.6 Å². The molecule has 0 bridgehead atoms.